The number of rotatable bonds is 9. The third kappa shape index (κ3) is 5.75. The predicted octanol–water partition coefficient (Wildman–Crippen LogP) is 4.51. The molecule has 2 aliphatic rings. The standard InChI is InChI=1S/C24H22N2O6S2/c27-21(25-17-8-6-16(7-9-17)23(29)30)4-2-1-3-11-26-22(28)20(34-24(26)33)13-15-5-10-18-19(12-15)32-14-31-18/h5-10,12-13H,1-4,11,14H2,(H,25,27)(H,29,30). The van der Waals surface area contributed by atoms with Crippen LogP contribution in [-0.2, 0) is 9.59 Å². The van der Waals surface area contributed by atoms with Gasteiger partial charge in [0.15, 0.2) is 11.5 Å². The first kappa shape index (κ1) is 23.8. The van der Waals surface area contributed by atoms with E-state index in [2.05, 4.69) is 5.32 Å². The van der Waals surface area contributed by atoms with E-state index in [0.717, 1.165) is 18.4 Å². The van der Waals surface area contributed by atoms with Gasteiger partial charge >= 0.3 is 5.97 Å². The number of aromatic carboxylic acids is 1. The van der Waals surface area contributed by atoms with Crippen LogP contribution in [0.25, 0.3) is 6.08 Å². The molecule has 0 unspecified atom stereocenters. The van der Waals surface area contributed by atoms with Crippen molar-refractivity contribution in [2.45, 2.75) is 25.7 Å². The molecule has 176 valence electrons. The molecule has 4 rings (SSSR count). The molecule has 0 saturated carbocycles. The largest absolute Gasteiger partial charge is 0.478 e. The number of carbonyl (C=O) groups excluding carboxylic acids is 2. The minimum atomic E-state index is -1.01. The lowest BCUT2D eigenvalue weighted by molar-refractivity contribution is -0.122. The maximum Gasteiger partial charge on any atom is 0.335 e. The third-order valence-corrected chi connectivity index (χ3v) is 6.65. The lowest BCUT2D eigenvalue weighted by Gasteiger charge is -2.14. The van der Waals surface area contributed by atoms with Gasteiger partial charge in [-0.3, -0.25) is 14.5 Å². The Morgan fingerprint density at radius 3 is 2.62 bits per heavy atom. The average Bonchev–Trinajstić information content (AvgIpc) is 3.38. The summed E-state index contributed by atoms with van der Waals surface area (Å²) in [5.74, 6) is 0.0818. The van der Waals surface area contributed by atoms with Crippen molar-refractivity contribution >= 4 is 57.8 Å². The van der Waals surface area contributed by atoms with Crippen LogP contribution in [0.4, 0.5) is 5.69 Å². The molecule has 2 aromatic rings. The number of amides is 2. The molecule has 1 fully saturated rings. The molecule has 34 heavy (non-hydrogen) atoms. The number of unbranched alkanes of at least 4 members (excludes halogenated alkanes) is 2. The van der Waals surface area contributed by atoms with Crippen LogP contribution < -0.4 is 14.8 Å². The van der Waals surface area contributed by atoms with Crippen molar-refractivity contribution in [3.63, 3.8) is 0 Å². The Balaban J connectivity index is 1.20. The summed E-state index contributed by atoms with van der Waals surface area (Å²) in [6.07, 6.45) is 4.30. The van der Waals surface area contributed by atoms with E-state index in [9.17, 15) is 14.4 Å². The quantitative estimate of drug-likeness (QED) is 0.296. The van der Waals surface area contributed by atoms with Crippen molar-refractivity contribution in [1.82, 2.24) is 4.90 Å². The molecule has 2 aromatic carbocycles. The van der Waals surface area contributed by atoms with Gasteiger partial charge in [-0.1, -0.05) is 36.5 Å². The fraction of sp³-hybridized carbons (Fsp3) is 0.250. The molecule has 0 bridgehead atoms. The van der Waals surface area contributed by atoms with E-state index in [1.54, 1.807) is 23.1 Å². The van der Waals surface area contributed by atoms with Gasteiger partial charge in [-0.05, 0) is 60.9 Å². The van der Waals surface area contributed by atoms with E-state index >= 15 is 0 Å². The molecule has 2 amide bonds. The van der Waals surface area contributed by atoms with Crippen molar-refractivity contribution in [2.24, 2.45) is 0 Å². The van der Waals surface area contributed by atoms with Crippen molar-refractivity contribution in [3.8, 4) is 11.5 Å². The summed E-state index contributed by atoms with van der Waals surface area (Å²) in [5, 5.41) is 11.7. The smallest absolute Gasteiger partial charge is 0.335 e. The summed E-state index contributed by atoms with van der Waals surface area (Å²) in [5.41, 5.74) is 1.56. The van der Waals surface area contributed by atoms with Crippen LogP contribution >= 0.6 is 24.0 Å². The average molecular weight is 499 g/mol. The number of nitrogens with zero attached hydrogens (tertiary/aromatic N) is 1. The lowest BCUT2D eigenvalue weighted by Crippen LogP contribution is -2.29. The van der Waals surface area contributed by atoms with Crippen molar-refractivity contribution in [3.05, 3.63) is 58.5 Å². The van der Waals surface area contributed by atoms with Crippen molar-refractivity contribution in [1.29, 1.82) is 0 Å². The Hall–Kier alpha value is -3.37. The number of nitrogens with one attached hydrogen (secondary N) is 1. The van der Waals surface area contributed by atoms with Gasteiger partial charge in [-0.25, -0.2) is 4.79 Å². The number of carboxylic acid groups (broad SMARTS) is 1. The van der Waals surface area contributed by atoms with Crippen LogP contribution in [-0.4, -0.2) is 45.4 Å². The molecule has 8 nitrogen and oxygen atoms in total. The number of benzene rings is 2. The van der Waals surface area contributed by atoms with Gasteiger partial charge in [-0.15, -0.1) is 0 Å². The first-order valence-corrected chi connectivity index (χ1v) is 11.9. The second-order valence-corrected chi connectivity index (χ2v) is 9.36. The Labute approximate surface area is 205 Å². The zero-order valence-corrected chi connectivity index (χ0v) is 19.7. The number of hydrogen-bond donors (Lipinski definition) is 2. The molecule has 0 atom stereocenters. The fourth-order valence-corrected chi connectivity index (χ4v) is 4.81. The highest BCUT2D eigenvalue weighted by Crippen LogP contribution is 2.36. The van der Waals surface area contributed by atoms with E-state index in [4.69, 9.17) is 26.8 Å². The van der Waals surface area contributed by atoms with E-state index in [-0.39, 0.29) is 24.2 Å². The third-order valence-electron chi connectivity index (χ3n) is 5.27. The van der Waals surface area contributed by atoms with E-state index < -0.39 is 5.97 Å². The Kier molecular flexibility index (Phi) is 7.49. The number of fused-ring (bicyclic) bond motifs is 1. The van der Waals surface area contributed by atoms with E-state index in [1.165, 1.54) is 23.9 Å². The second-order valence-electron chi connectivity index (χ2n) is 7.69. The summed E-state index contributed by atoms with van der Waals surface area (Å²) in [7, 11) is 0. The topological polar surface area (TPSA) is 105 Å². The first-order valence-electron chi connectivity index (χ1n) is 10.7. The Bertz CT molecular complexity index is 1160. The SMILES string of the molecule is O=C(CCCCCN1C(=O)C(=Cc2ccc3c(c2)OCO3)SC1=S)Nc1ccc(C(=O)O)cc1. The Morgan fingerprint density at radius 2 is 1.85 bits per heavy atom. The van der Waals surface area contributed by atoms with Crippen LogP contribution in [0.5, 0.6) is 11.5 Å². The van der Waals surface area contributed by atoms with Gasteiger partial charge in [0.1, 0.15) is 4.32 Å². The monoisotopic (exact) mass is 498 g/mol. The molecule has 0 spiro atoms. The number of hydrogen-bond acceptors (Lipinski definition) is 7. The Morgan fingerprint density at radius 1 is 1.09 bits per heavy atom. The fourth-order valence-electron chi connectivity index (χ4n) is 3.50. The summed E-state index contributed by atoms with van der Waals surface area (Å²) in [6, 6.07) is 11.5. The van der Waals surface area contributed by atoms with Gasteiger partial charge in [0.05, 0.1) is 10.5 Å². The van der Waals surface area contributed by atoms with Crippen molar-refractivity contribution < 1.29 is 29.0 Å². The molecule has 2 heterocycles. The number of carboxylic acids is 1. The number of thioether (sulfide) groups is 1. The van der Waals surface area contributed by atoms with Crippen LogP contribution in [0.15, 0.2) is 47.4 Å². The maximum absolute atomic E-state index is 12.8. The van der Waals surface area contributed by atoms with Gasteiger partial charge in [0, 0.05) is 18.7 Å². The number of ether oxygens (including phenoxy) is 2. The van der Waals surface area contributed by atoms with Gasteiger partial charge in [-0.2, -0.15) is 0 Å². The summed E-state index contributed by atoms with van der Waals surface area (Å²) in [4.78, 5) is 37.9. The lowest BCUT2D eigenvalue weighted by atomic mass is 10.1. The van der Waals surface area contributed by atoms with Crippen molar-refractivity contribution in [2.75, 3.05) is 18.7 Å². The highest BCUT2D eigenvalue weighted by Gasteiger charge is 2.31. The minimum absolute atomic E-state index is 0.116. The molecule has 2 aliphatic heterocycles. The number of thiocarbonyl (C=S) groups is 1. The highest BCUT2D eigenvalue weighted by molar-refractivity contribution is 8.26. The molecule has 1 saturated heterocycles. The van der Waals surface area contributed by atoms with Crippen LogP contribution in [0, 0.1) is 0 Å². The summed E-state index contributed by atoms with van der Waals surface area (Å²) in [6.45, 7) is 0.698. The molecule has 0 aliphatic carbocycles. The molecular formula is C24H22N2O6S2. The molecule has 0 radical (unpaired) electrons. The molecule has 0 aromatic heterocycles. The van der Waals surface area contributed by atoms with Crippen LogP contribution in [0.3, 0.4) is 0 Å². The second kappa shape index (κ2) is 10.7. The summed E-state index contributed by atoms with van der Waals surface area (Å²) >= 11 is 6.67. The predicted molar refractivity (Wildman–Crippen MR) is 133 cm³/mol. The summed E-state index contributed by atoms with van der Waals surface area (Å²) < 4.78 is 11.2. The van der Waals surface area contributed by atoms with E-state index in [0.29, 0.717) is 45.8 Å². The normalized spacial score (nSPS) is 15.8. The van der Waals surface area contributed by atoms with Gasteiger partial charge in [0.25, 0.3) is 5.91 Å². The minimum Gasteiger partial charge on any atom is -0.478 e. The van der Waals surface area contributed by atoms with Gasteiger partial charge in [0.2, 0.25) is 12.7 Å². The molecular weight excluding hydrogens is 476 g/mol. The van der Waals surface area contributed by atoms with Gasteiger partial charge < -0.3 is 19.9 Å². The van der Waals surface area contributed by atoms with Crippen LogP contribution in [0.2, 0.25) is 0 Å². The molecule has 2 N–H and O–H groups in total. The number of carbonyl (C=O) groups is 3. The highest BCUT2D eigenvalue weighted by atomic mass is 32.2. The molecule has 10 heteroatoms. The maximum atomic E-state index is 12.8. The van der Waals surface area contributed by atoms with E-state index in [1.807, 2.05) is 18.2 Å². The first-order chi connectivity index (χ1) is 16.4. The zero-order valence-electron chi connectivity index (χ0n) is 18.1. The van der Waals surface area contributed by atoms with Crippen LogP contribution in [0.1, 0.15) is 41.6 Å². The number of anilines is 1. The zero-order chi connectivity index (χ0) is 24.1.